The molecule has 0 aliphatic heterocycles. The second-order valence-corrected chi connectivity index (χ2v) is 6.82. The Morgan fingerprint density at radius 2 is 1.82 bits per heavy atom. The van der Waals surface area contributed by atoms with E-state index in [2.05, 4.69) is 0 Å². The van der Waals surface area contributed by atoms with Gasteiger partial charge in [-0.25, -0.2) is 0 Å². The molecule has 2 nitrogen and oxygen atoms in total. The molecule has 5 fully saturated rings. The first-order valence-electron chi connectivity index (χ1n) is 6.10. The summed E-state index contributed by atoms with van der Waals surface area (Å²) >= 11 is 0. The largest absolute Gasteiger partial charge is 0.469 e. The van der Waals surface area contributed by atoms with Gasteiger partial charge in [0.15, 0.2) is 0 Å². The zero-order chi connectivity index (χ0) is 11.7. The Balaban J connectivity index is 1.55. The van der Waals surface area contributed by atoms with Crippen LogP contribution >= 0.6 is 0 Å². The fourth-order valence-electron chi connectivity index (χ4n) is 8.27. The highest BCUT2D eigenvalue weighted by atomic mass is 19.4. The number of halogens is 3. The van der Waals surface area contributed by atoms with E-state index in [1.165, 1.54) is 7.11 Å². The van der Waals surface area contributed by atoms with Crippen molar-refractivity contribution in [3.05, 3.63) is 0 Å². The fraction of sp³-hybridized carbons (Fsp3) is 0.917. The fourth-order valence-corrected chi connectivity index (χ4v) is 8.27. The summed E-state index contributed by atoms with van der Waals surface area (Å²) in [6, 6.07) is 0. The monoisotopic (exact) mass is 242 g/mol. The van der Waals surface area contributed by atoms with E-state index in [9.17, 15) is 18.0 Å². The third-order valence-corrected chi connectivity index (χ3v) is 7.68. The van der Waals surface area contributed by atoms with Crippen LogP contribution in [0.5, 0.6) is 0 Å². The highest BCUT2D eigenvalue weighted by Crippen LogP contribution is 3.23. The molecule has 5 aliphatic carbocycles. The SMILES string of the molecule is COC(=O)C12C3C4C1C15C2C1C4(C(F)(F)F)C35. The quantitative estimate of drug-likeness (QED) is 0.514. The van der Waals surface area contributed by atoms with Crippen LogP contribution in [0.25, 0.3) is 0 Å². The van der Waals surface area contributed by atoms with Crippen LogP contribution in [-0.4, -0.2) is 19.3 Å². The van der Waals surface area contributed by atoms with Gasteiger partial charge in [-0.15, -0.1) is 0 Å². The van der Waals surface area contributed by atoms with Crippen molar-refractivity contribution in [2.45, 2.75) is 6.18 Å². The number of ether oxygens (including phenoxy) is 1. The Kier molecular flexibility index (Phi) is 0.746. The Morgan fingerprint density at radius 1 is 1.12 bits per heavy atom. The van der Waals surface area contributed by atoms with E-state index in [0.29, 0.717) is 0 Å². The van der Waals surface area contributed by atoms with Crippen LogP contribution < -0.4 is 0 Å². The summed E-state index contributed by atoms with van der Waals surface area (Å²) in [4.78, 5) is 11.9. The Morgan fingerprint density at radius 3 is 2.18 bits per heavy atom. The van der Waals surface area contributed by atoms with Gasteiger partial charge in [0.2, 0.25) is 0 Å². The average Bonchev–Trinajstić information content (AvgIpc) is 2.53. The van der Waals surface area contributed by atoms with Crippen LogP contribution in [0, 0.1) is 51.8 Å². The van der Waals surface area contributed by atoms with Crippen LogP contribution in [0.4, 0.5) is 13.2 Å². The molecule has 0 heterocycles. The normalized spacial score (nSPS) is 77.2. The highest BCUT2D eigenvalue weighted by Gasteiger charge is 3.25. The molecule has 0 radical (unpaired) electrons. The molecule has 5 aliphatic rings. The number of rotatable bonds is 1. The maximum Gasteiger partial charge on any atom is 0.395 e. The Hall–Kier alpha value is -0.740. The van der Waals surface area contributed by atoms with Crippen LogP contribution in [-0.2, 0) is 9.53 Å². The minimum absolute atomic E-state index is 0.0246. The number of hydrogen-bond donors (Lipinski definition) is 0. The molecule has 5 rings (SSSR count). The maximum atomic E-state index is 13.2. The molecule has 0 N–H and O–H groups in total. The summed E-state index contributed by atoms with van der Waals surface area (Å²) in [6.07, 6.45) is -4.04. The van der Waals surface area contributed by atoms with E-state index >= 15 is 0 Å². The third kappa shape index (κ3) is 0.329. The van der Waals surface area contributed by atoms with Gasteiger partial charge in [0.05, 0.1) is 17.9 Å². The predicted molar refractivity (Wildman–Crippen MR) is 46.3 cm³/mol. The van der Waals surface area contributed by atoms with Gasteiger partial charge in [0.1, 0.15) is 0 Å². The lowest BCUT2D eigenvalue weighted by molar-refractivity contribution is -0.390. The van der Waals surface area contributed by atoms with Gasteiger partial charge >= 0.3 is 12.1 Å². The van der Waals surface area contributed by atoms with Gasteiger partial charge in [0, 0.05) is 0 Å². The molecular formula is C12H9F3O2. The molecule has 9 atom stereocenters. The van der Waals surface area contributed by atoms with Crippen molar-refractivity contribution in [2.24, 2.45) is 51.8 Å². The predicted octanol–water partition coefficient (Wildman–Crippen LogP) is 1.46. The number of esters is 1. The lowest BCUT2D eigenvalue weighted by Gasteiger charge is -2.73. The van der Waals surface area contributed by atoms with Crippen LogP contribution in [0.15, 0.2) is 0 Å². The molecule has 0 bridgehead atoms. The molecule has 0 aromatic carbocycles. The molecule has 5 saturated carbocycles. The standard InChI is InChI=1S/C12H9F3O2/c1-17-8(16)9-2-3-4(9)10-5(2)11(3,12(13,14)15)7(10)6(9)10/h2-7H,1H3. The van der Waals surface area contributed by atoms with Gasteiger partial charge in [0.25, 0.3) is 0 Å². The van der Waals surface area contributed by atoms with Crippen LogP contribution in [0.1, 0.15) is 0 Å². The summed E-state index contributed by atoms with van der Waals surface area (Å²) in [5, 5.41) is 0. The molecule has 5 heteroatoms. The Labute approximate surface area is 94.5 Å². The number of carbonyl (C=O) groups excluding carboxylic acids is 1. The van der Waals surface area contributed by atoms with E-state index in [1.54, 1.807) is 0 Å². The minimum Gasteiger partial charge on any atom is -0.469 e. The Bertz CT molecular complexity index is 544. The molecule has 0 amide bonds. The number of hydrogen-bond acceptors (Lipinski definition) is 2. The van der Waals surface area contributed by atoms with E-state index in [1.807, 2.05) is 0 Å². The van der Waals surface area contributed by atoms with Crippen molar-refractivity contribution < 1.29 is 22.7 Å². The molecule has 0 aromatic heterocycles. The first-order valence-corrected chi connectivity index (χ1v) is 6.10. The number of fused-ring (bicyclic) bond motifs is 10. The summed E-state index contributed by atoms with van der Waals surface area (Å²) in [7, 11) is 1.36. The smallest absolute Gasteiger partial charge is 0.395 e. The van der Waals surface area contributed by atoms with E-state index in [-0.39, 0.29) is 46.9 Å². The van der Waals surface area contributed by atoms with E-state index in [0.717, 1.165) is 0 Å². The first kappa shape index (κ1) is 8.38. The topological polar surface area (TPSA) is 26.3 Å². The van der Waals surface area contributed by atoms with Crippen molar-refractivity contribution in [3.63, 3.8) is 0 Å². The second-order valence-electron chi connectivity index (χ2n) is 6.82. The summed E-state index contributed by atoms with van der Waals surface area (Å²) in [5.74, 6) is -0.760. The number of alkyl halides is 3. The molecule has 1 spiro atoms. The van der Waals surface area contributed by atoms with Crippen molar-refractivity contribution in [2.75, 3.05) is 7.11 Å². The highest BCUT2D eigenvalue weighted by molar-refractivity contribution is 5.91. The molecule has 17 heavy (non-hydrogen) atoms. The zero-order valence-electron chi connectivity index (χ0n) is 8.91. The molecule has 0 saturated heterocycles. The second kappa shape index (κ2) is 1.51. The van der Waals surface area contributed by atoms with Crippen molar-refractivity contribution >= 4 is 5.97 Å². The lowest BCUT2D eigenvalue weighted by atomic mass is 9.29. The third-order valence-electron chi connectivity index (χ3n) is 7.68. The van der Waals surface area contributed by atoms with Gasteiger partial charge < -0.3 is 4.74 Å². The lowest BCUT2D eigenvalue weighted by Crippen LogP contribution is -2.78. The van der Waals surface area contributed by atoms with Gasteiger partial charge in [-0.05, 0) is 40.9 Å². The van der Waals surface area contributed by atoms with Gasteiger partial charge in [-0.2, -0.15) is 13.2 Å². The average molecular weight is 242 g/mol. The minimum atomic E-state index is -4.04. The van der Waals surface area contributed by atoms with Crippen LogP contribution in [0.2, 0.25) is 0 Å². The molecule has 90 valence electrons. The molecule has 0 aromatic rings. The number of carbonyl (C=O) groups is 1. The first-order chi connectivity index (χ1) is 7.95. The van der Waals surface area contributed by atoms with Crippen molar-refractivity contribution in [1.29, 1.82) is 0 Å². The van der Waals surface area contributed by atoms with E-state index in [4.69, 9.17) is 4.74 Å². The van der Waals surface area contributed by atoms with Gasteiger partial charge in [-0.3, -0.25) is 4.79 Å². The summed E-state index contributed by atoms with van der Waals surface area (Å²) < 4.78 is 44.6. The van der Waals surface area contributed by atoms with E-state index < -0.39 is 17.0 Å². The number of methoxy groups -OCH3 is 1. The van der Waals surface area contributed by atoms with Gasteiger partial charge in [-0.1, -0.05) is 0 Å². The van der Waals surface area contributed by atoms with Crippen molar-refractivity contribution in [3.8, 4) is 0 Å². The van der Waals surface area contributed by atoms with Crippen LogP contribution in [0.3, 0.4) is 0 Å². The maximum absolute atomic E-state index is 13.2. The molecule has 9 unspecified atom stereocenters. The van der Waals surface area contributed by atoms with Crippen molar-refractivity contribution in [1.82, 2.24) is 0 Å². The summed E-state index contributed by atoms with van der Waals surface area (Å²) in [6.45, 7) is 0. The molecular weight excluding hydrogens is 233 g/mol. The summed E-state index contributed by atoms with van der Waals surface area (Å²) in [5.41, 5.74) is -1.82. The zero-order valence-corrected chi connectivity index (χ0v) is 8.91.